The second-order valence-corrected chi connectivity index (χ2v) is 9.08. The van der Waals surface area contributed by atoms with Gasteiger partial charge in [0.2, 0.25) is 5.91 Å². The van der Waals surface area contributed by atoms with Crippen LogP contribution < -0.4 is 0 Å². The maximum Gasteiger partial charge on any atom is 0.250 e. The van der Waals surface area contributed by atoms with E-state index in [1.165, 1.54) is 12.1 Å². The lowest BCUT2D eigenvalue weighted by Crippen LogP contribution is -2.60. The van der Waals surface area contributed by atoms with Gasteiger partial charge in [0.05, 0.1) is 0 Å². The molecule has 0 radical (unpaired) electrons. The molecule has 31 heavy (non-hydrogen) atoms. The van der Waals surface area contributed by atoms with Crippen LogP contribution >= 0.6 is 0 Å². The normalized spacial score (nSPS) is 26.9. The van der Waals surface area contributed by atoms with Gasteiger partial charge in [-0.2, -0.15) is 0 Å². The molecule has 4 atom stereocenters. The van der Waals surface area contributed by atoms with Crippen molar-refractivity contribution in [3.05, 3.63) is 71.5 Å². The molecule has 4 nitrogen and oxygen atoms in total. The smallest absolute Gasteiger partial charge is 0.250 e. The maximum atomic E-state index is 13.8. The minimum Gasteiger partial charge on any atom is -0.328 e. The molecular weight excluding hydrogens is 391 g/mol. The minimum absolute atomic E-state index is 0.0321. The van der Waals surface area contributed by atoms with Crippen molar-refractivity contribution in [1.29, 1.82) is 0 Å². The molecule has 164 valence electrons. The molecule has 2 amide bonds. The number of halogens is 1. The van der Waals surface area contributed by atoms with Gasteiger partial charge in [0, 0.05) is 12.6 Å². The average Bonchev–Trinajstić information content (AvgIpc) is 2.77. The molecule has 0 unspecified atom stereocenters. The molecule has 1 saturated heterocycles. The molecule has 2 aromatic rings. The number of carbonyl (C=O) groups excluding carboxylic acids is 2. The van der Waals surface area contributed by atoms with Crippen LogP contribution in [0.1, 0.15) is 50.3 Å². The molecule has 2 fully saturated rings. The summed E-state index contributed by atoms with van der Waals surface area (Å²) < 4.78 is 13.6. The van der Waals surface area contributed by atoms with Gasteiger partial charge < -0.3 is 9.80 Å². The number of carbonyl (C=O) groups is 2. The van der Waals surface area contributed by atoms with E-state index < -0.39 is 6.04 Å². The van der Waals surface area contributed by atoms with Crippen molar-refractivity contribution in [1.82, 2.24) is 9.80 Å². The highest BCUT2D eigenvalue weighted by Gasteiger charge is 2.44. The van der Waals surface area contributed by atoms with E-state index in [0.717, 1.165) is 24.8 Å². The molecule has 1 heterocycles. The fraction of sp³-hybridized carbons (Fsp3) is 0.462. The van der Waals surface area contributed by atoms with Gasteiger partial charge >= 0.3 is 0 Å². The van der Waals surface area contributed by atoms with Crippen LogP contribution in [0.3, 0.4) is 0 Å². The van der Waals surface area contributed by atoms with E-state index in [1.807, 2.05) is 35.2 Å². The van der Waals surface area contributed by atoms with Gasteiger partial charge in [-0.3, -0.25) is 9.59 Å². The van der Waals surface area contributed by atoms with Crippen molar-refractivity contribution in [2.75, 3.05) is 13.1 Å². The number of benzene rings is 2. The molecule has 2 aromatic carbocycles. The highest BCUT2D eigenvalue weighted by atomic mass is 19.1. The first-order chi connectivity index (χ1) is 15.0. The first-order valence-electron chi connectivity index (χ1n) is 11.3. The molecule has 5 heteroatoms. The molecule has 0 spiro atoms. The van der Waals surface area contributed by atoms with E-state index in [0.29, 0.717) is 30.4 Å². The number of hydrogen-bond donors (Lipinski definition) is 0. The van der Waals surface area contributed by atoms with Gasteiger partial charge in [-0.25, -0.2) is 4.39 Å². The summed E-state index contributed by atoms with van der Waals surface area (Å²) in [6, 6.07) is 15.4. The molecular formula is C26H31FN2O2. The Morgan fingerprint density at radius 1 is 0.968 bits per heavy atom. The number of rotatable bonds is 5. The van der Waals surface area contributed by atoms with Gasteiger partial charge in [0.1, 0.15) is 18.4 Å². The lowest BCUT2D eigenvalue weighted by Gasteiger charge is -2.47. The molecule has 1 aliphatic carbocycles. The van der Waals surface area contributed by atoms with Crippen molar-refractivity contribution in [3.8, 4) is 0 Å². The molecule has 4 rings (SSSR count). The molecule has 1 aliphatic heterocycles. The van der Waals surface area contributed by atoms with Gasteiger partial charge in [-0.05, 0) is 47.9 Å². The van der Waals surface area contributed by atoms with E-state index in [4.69, 9.17) is 0 Å². The molecule has 1 saturated carbocycles. The fourth-order valence-corrected chi connectivity index (χ4v) is 5.14. The van der Waals surface area contributed by atoms with Crippen molar-refractivity contribution in [2.24, 2.45) is 11.8 Å². The van der Waals surface area contributed by atoms with Crippen LogP contribution in [0.4, 0.5) is 4.39 Å². The zero-order valence-corrected chi connectivity index (χ0v) is 18.3. The van der Waals surface area contributed by atoms with Gasteiger partial charge in [-0.1, -0.05) is 69.2 Å². The molecule has 2 aliphatic rings. The monoisotopic (exact) mass is 422 g/mol. The van der Waals surface area contributed by atoms with Crippen molar-refractivity contribution < 1.29 is 14.0 Å². The Labute approximate surface area is 184 Å². The van der Waals surface area contributed by atoms with E-state index in [-0.39, 0.29) is 30.2 Å². The third-order valence-electron chi connectivity index (χ3n) is 7.19. The van der Waals surface area contributed by atoms with Crippen LogP contribution in [0.5, 0.6) is 0 Å². The zero-order valence-electron chi connectivity index (χ0n) is 18.3. The second kappa shape index (κ2) is 9.21. The van der Waals surface area contributed by atoms with E-state index in [2.05, 4.69) is 13.8 Å². The average molecular weight is 423 g/mol. The Bertz CT molecular complexity index is 915. The second-order valence-electron chi connectivity index (χ2n) is 9.08. The highest BCUT2D eigenvalue weighted by Crippen LogP contribution is 2.37. The number of hydrogen-bond acceptors (Lipinski definition) is 2. The standard InChI is InChI=1S/C26H31FN2O2/c1-18-7-6-10-23(19(18)2)29-17-24(30)28(16-15-20-8-4-3-5-9-20)25(26(29)31)21-11-13-22(27)14-12-21/h3-5,8-9,11-14,18-19,23,25H,6-7,10,15-17H2,1-2H3/t18-,19+,23+,25+/m1/s1. The summed E-state index contributed by atoms with van der Waals surface area (Å²) >= 11 is 0. The third-order valence-corrected chi connectivity index (χ3v) is 7.19. The highest BCUT2D eigenvalue weighted by molar-refractivity contribution is 5.95. The van der Waals surface area contributed by atoms with Crippen LogP contribution in [0.2, 0.25) is 0 Å². The molecule has 0 N–H and O–H groups in total. The molecule has 0 bridgehead atoms. The van der Waals surface area contributed by atoms with E-state index >= 15 is 0 Å². The van der Waals surface area contributed by atoms with Crippen LogP contribution in [-0.2, 0) is 16.0 Å². The summed E-state index contributed by atoms with van der Waals surface area (Å²) in [6.07, 6.45) is 3.85. The van der Waals surface area contributed by atoms with E-state index in [1.54, 1.807) is 17.0 Å². The van der Waals surface area contributed by atoms with Crippen LogP contribution in [-0.4, -0.2) is 40.7 Å². The first kappa shape index (κ1) is 21.5. The van der Waals surface area contributed by atoms with Gasteiger partial charge in [-0.15, -0.1) is 0 Å². The quantitative estimate of drug-likeness (QED) is 0.706. The Morgan fingerprint density at radius 3 is 2.39 bits per heavy atom. The third kappa shape index (κ3) is 4.51. The van der Waals surface area contributed by atoms with Crippen LogP contribution in [0.15, 0.2) is 54.6 Å². The van der Waals surface area contributed by atoms with Crippen LogP contribution in [0, 0.1) is 17.7 Å². The predicted octanol–water partition coefficient (Wildman–Crippen LogP) is 4.61. The number of amides is 2. The van der Waals surface area contributed by atoms with E-state index in [9.17, 15) is 14.0 Å². The largest absolute Gasteiger partial charge is 0.328 e. The number of piperazine rings is 1. The summed E-state index contributed by atoms with van der Waals surface area (Å²) in [6.45, 7) is 5.02. The fourth-order valence-electron chi connectivity index (χ4n) is 5.14. The topological polar surface area (TPSA) is 40.6 Å². The first-order valence-corrected chi connectivity index (χ1v) is 11.3. The molecule has 0 aromatic heterocycles. The Kier molecular flexibility index (Phi) is 6.40. The number of nitrogens with zero attached hydrogens (tertiary/aromatic N) is 2. The SMILES string of the molecule is C[C@H]1[C@H](C)CCC[C@@H]1N1CC(=O)N(CCc2ccccc2)[C@@H](c2ccc(F)cc2)C1=O. The van der Waals surface area contributed by atoms with Crippen LogP contribution in [0.25, 0.3) is 0 Å². The Morgan fingerprint density at radius 2 is 1.68 bits per heavy atom. The summed E-state index contributed by atoms with van der Waals surface area (Å²) in [7, 11) is 0. The van der Waals surface area contributed by atoms with Crippen molar-refractivity contribution >= 4 is 11.8 Å². The van der Waals surface area contributed by atoms with Gasteiger partial charge in [0.25, 0.3) is 5.91 Å². The summed E-state index contributed by atoms with van der Waals surface area (Å²) in [5.41, 5.74) is 1.80. The summed E-state index contributed by atoms with van der Waals surface area (Å²) in [5, 5.41) is 0. The zero-order chi connectivity index (χ0) is 22.0. The van der Waals surface area contributed by atoms with Gasteiger partial charge in [0.15, 0.2) is 0 Å². The Balaban J connectivity index is 1.63. The Hall–Kier alpha value is -2.69. The van der Waals surface area contributed by atoms with Crippen molar-refractivity contribution in [2.45, 2.75) is 51.6 Å². The van der Waals surface area contributed by atoms with Crippen molar-refractivity contribution in [3.63, 3.8) is 0 Å². The summed E-state index contributed by atoms with van der Waals surface area (Å²) in [5.74, 6) is 0.471. The lowest BCUT2D eigenvalue weighted by atomic mass is 9.77. The maximum absolute atomic E-state index is 13.8. The minimum atomic E-state index is -0.699. The predicted molar refractivity (Wildman–Crippen MR) is 119 cm³/mol. The lowest BCUT2D eigenvalue weighted by molar-refractivity contribution is -0.160. The summed E-state index contributed by atoms with van der Waals surface area (Å²) in [4.78, 5) is 30.6.